The molecule has 0 heterocycles. The standard InChI is InChI=1S/C13H11BrF2N2O2S/c1-7-4-9(6-12(17)13(7)16)21(19,20)18-8-2-3-10(14)11(15)5-8/h2-6,18H,17H2,1H3. The molecule has 4 nitrogen and oxygen atoms in total. The molecule has 0 unspecified atom stereocenters. The molecule has 2 aromatic rings. The van der Waals surface area contributed by atoms with E-state index in [1.807, 2.05) is 0 Å². The fraction of sp³-hybridized carbons (Fsp3) is 0.0769. The van der Waals surface area contributed by atoms with Crippen LogP contribution in [0.25, 0.3) is 0 Å². The summed E-state index contributed by atoms with van der Waals surface area (Å²) >= 11 is 2.97. The van der Waals surface area contributed by atoms with Gasteiger partial charge in [0.05, 0.1) is 20.7 Å². The van der Waals surface area contributed by atoms with Crippen molar-refractivity contribution in [3.63, 3.8) is 0 Å². The topological polar surface area (TPSA) is 72.2 Å². The predicted octanol–water partition coefficient (Wildman–Crippen LogP) is 3.42. The van der Waals surface area contributed by atoms with E-state index < -0.39 is 21.7 Å². The summed E-state index contributed by atoms with van der Waals surface area (Å²) in [6.07, 6.45) is 0. The maximum Gasteiger partial charge on any atom is 0.261 e. The molecule has 8 heteroatoms. The van der Waals surface area contributed by atoms with Crippen molar-refractivity contribution in [2.75, 3.05) is 10.5 Å². The highest BCUT2D eigenvalue weighted by Gasteiger charge is 2.18. The number of nitrogen functional groups attached to an aromatic ring is 1. The molecule has 0 atom stereocenters. The van der Waals surface area contributed by atoms with Crippen LogP contribution in [0, 0.1) is 18.6 Å². The van der Waals surface area contributed by atoms with Crippen molar-refractivity contribution in [2.45, 2.75) is 11.8 Å². The molecule has 3 N–H and O–H groups in total. The summed E-state index contributed by atoms with van der Waals surface area (Å²) in [7, 11) is -3.98. The van der Waals surface area contributed by atoms with Crippen LogP contribution in [0.3, 0.4) is 0 Å². The third kappa shape index (κ3) is 3.33. The highest BCUT2D eigenvalue weighted by molar-refractivity contribution is 9.10. The molecule has 112 valence electrons. The van der Waals surface area contributed by atoms with Gasteiger partial charge in [-0.1, -0.05) is 0 Å². The van der Waals surface area contributed by atoms with Crippen molar-refractivity contribution in [3.8, 4) is 0 Å². The zero-order chi connectivity index (χ0) is 15.8. The summed E-state index contributed by atoms with van der Waals surface area (Å²) in [6, 6.07) is 5.96. The van der Waals surface area contributed by atoms with Gasteiger partial charge in [0.2, 0.25) is 0 Å². The van der Waals surface area contributed by atoms with Gasteiger partial charge in [0.25, 0.3) is 10.0 Å². The average Bonchev–Trinajstić information content (AvgIpc) is 2.39. The first-order valence-corrected chi connectivity index (χ1v) is 8.02. The number of nitrogens with two attached hydrogens (primary N) is 1. The third-order valence-electron chi connectivity index (χ3n) is 2.74. The van der Waals surface area contributed by atoms with Crippen LogP contribution in [-0.2, 0) is 10.0 Å². The molecule has 0 aliphatic heterocycles. The molecular weight excluding hydrogens is 366 g/mol. The highest BCUT2D eigenvalue weighted by Crippen LogP contribution is 2.24. The zero-order valence-electron chi connectivity index (χ0n) is 10.8. The lowest BCUT2D eigenvalue weighted by Crippen LogP contribution is -2.14. The van der Waals surface area contributed by atoms with Gasteiger partial charge in [-0.25, -0.2) is 17.2 Å². The molecule has 2 rings (SSSR count). The summed E-state index contributed by atoms with van der Waals surface area (Å²) < 4.78 is 53.6. The van der Waals surface area contributed by atoms with E-state index in [-0.39, 0.29) is 26.3 Å². The van der Waals surface area contributed by atoms with Gasteiger partial charge < -0.3 is 5.73 Å². The first kappa shape index (κ1) is 15.7. The Morgan fingerprint density at radius 2 is 1.86 bits per heavy atom. The van der Waals surface area contributed by atoms with Crippen LogP contribution in [0.4, 0.5) is 20.2 Å². The van der Waals surface area contributed by atoms with Crippen molar-refractivity contribution in [1.29, 1.82) is 0 Å². The van der Waals surface area contributed by atoms with Crippen LogP contribution in [0.1, 0.15) is 5.56 Å². The van der Waals surface area contributed by atoms with Gasteiger partial charge in [0.15, 0.2) is 0 Å². The van der Waals surface area contributed by atoms with Gasteiger partial charge in [-0.2, -0.15) is 0 Å². The number of rotatable bonds is 3. The van der Waals surface area contributed by atoms with E-state index >= 15 is 0 Å². The molecule has 0 radical (unpaired) electrons. The van der Waals surface area contributed by atoms with E-state index in [1.54, 1.807) is 0 Å². The van der Waals surface area contributed by atoms with Crippen molar-refractivity contribution in [2.24, 2.45) is 0 Å². The van der Waals surface area contributed by atoms with Crippen LogP contribution < -0.4 is 10.5 Å². The number of hydrogen-bond acceptors (Lipinski definition) is 3. The molecule has 0 aliphatic carbocycles. The molecule has 0 bridgehead atoms. The molecule has 0 aromatic heterocycles. The minimum Gasteiger partial charge on any atom is -0.396 e. The number of halogens is 3. The largest absolute Gasteiger partial charge is 0.396 e. The average molecular weight is 377 g/mol. The van der Waals surface area contributed by atoms with Crippen molar-refractivity contribution in [3.05, 3.63) is 52.0 Å². The monoisotopic (exact) mass is 376 g/mol. The number of anilines is 2. The quantitative estimate of drug-likeness (QED) is 0.806. The normalized spacial score (nSPS) is 11.4. The lowest BCUT2D eigenvalue weighted by molar-refractivity contribution is 0.599. The highest BCUT2D eigenvalue weighted by atomic mass is 79.9. The fourth-order valence-electron chi connectivity index (χ4n) is 1.69. The van der Waals surface area contributed by atoms with E-state index in [0.29, 0.717) is 0 Å². The fourth-order valence-corrected chi connectivity index (χ4v) is 3.11. The second kappa shape index (κ2) is 5.61. The smallest absolute Gasteiger partial charge is 0.261 e. The lowest BCUT2D eigenvalue weighted by Gasteiger charge is -2.10. The van der Waals surface area contributed by atoms with E-state index in [2.05, 4.69) is 20.7 Å². The maximum atomic E-state index is 13.4. The van der Waals surface area contributed by atoms with Crippen LogP contribution in [0.2, 0.25) is 0 Å². The third-order valence-corrected chi connectivity index (χ3v) is 4.74. The summed E-state index contributed by atoms with van der Waals surface area (Å²) in [5.41, 5.74) is 5.32. The SMILES string of the molecule is Cc1cc(S(=O)(=O)Nc2ccc(Br)c(F)c2)cc(N)c1F. The number of hydrogen-bond donors (Lipinski definition) is 2. The number of nitrogens with one attached hydrogen (secondary N) is 1. The van der Waals surface area contributed by atoms with Crippen LogP contribution in [-0.4, -0.2) is 8.42 Å². The van der Waals surface area contributed by atoms with Gasteiger partial charge >= 0.3 is 0 Å². The Hall–Kier alpha value is -1.67. The molecule has 2 aromatic carbocycles. The van der Waals surface area contributed by atoms with Gasteiger partial charge in [-0.15, -0.1) is 0 Å². The lowest BCUT2D eigenvalue weighted by atomic mass is 10.2. The number of benzene rings is 2. The maximum absolute atomic E-state index is 13.4. The molecule has 0 saturated heterocycles. The van der Waals surface area contributed by atoms with Crippen molar-refractivity contribution in [1.82, 2.24) is 0 Å². The van der Waals surface area contributed by atoms with Gasteiger partial charge in [-0.3, -0.25) is 4.72 Å². The second-order valence-corrected chi connectivity index (χ2v) is 6.91. The Morgan fingerprint density at radius 1 is 1.19 bits per heavy atom. The zero-order valence-corrected chi connectivity index (χ0v) is 13.2. The Morgan fingerprint density at radius 3 is 2.43 bits per heavy atom. The number of sulfonamides is 1. The first-order valence-electron chi connectivity index (χ1n) is 5.74. The van der Waals surface area contributed by atoms with Crippen LogP contribution >= 0.6 is 15.9 Å². The molecule has 0 spiro atoms. The Kier molecular flexibility index (Phi) is 4.20. The summed E-state index contributed by atoms with van der Waals surface area (Å²) in [5.74, 6) is -1.27. The summed E-state index contributed by atoms with van der Waals surface area (Å²) in [4.78, 5) is -0.192. The second-order valence-electron chi connectivity index (χ2n) is 4.38. The Balaban J connectivity index is 2.40. The minimum absolute atomic E-state index is 0.0521. The summed E-state index contributed by atoms with van der Waals surface area (Å²) in [5, 5.41) is 0. The molecule has 0 aliphatic rings. The van der Waals surface area contributed by atoms with E-state index in [9.17, 15) is 17.2 Å². The van der Waals surface area contributed by atoms with Gasteiger partial charge in [0, 0.05) is 0 Å². The minimum atomic E-state index is -3.98. The Labute approximate surface area is 129 Å². The summed E-state index contributed by atoms with van der Waals surface area (Å²) in [6.45, 7) is 1.41. The van der Waals surface area contributed by atoms with Crippen molar-refractivity contribution < 1.29 is 17.2 Å². The Bertz CT molecular complexity index is 787. The van der Waals surface area contributed by atoms with Gasteiger partial charge in [0.1, 0.15) is 11.6 Å². The number of aryl methyl sites for hydroxylation is 1. The van der Waals surface area contributed by atoms with E-state index in [4.69, 9.17) is 5.73 Å². The van der Waals surface area contributed by atoms with E-state index in [1.165, 1.54) is 19.1 Å². The molecular formula is C13H11BrF2N2O2S. The molecule has 0 amide bonds. The molecule has 21 heavy (non-hydrogen) atoms. The molecule has 0 saturated carbocycles. The van der Waals surface area contributed by atoms with E-state index in [0.717, 1.165) is 18.2 Å². The van der Waals surface area contributed by atoms with Crippen LogP contribution in [0.15, 0.2) is 39.7 Å². The molecule has 0 fully saturated rings. The van der Waals surface area contributed by atoms with Crippen LogP contribution in [0.5, 0.6) is 0 Å². The van der Waals surface area contributed by atoms with Crippen molar-refractivity contribution >= 4 is 37.3 Å². The first-order chi connectivity index (χ1) is 9.70. The predicted molar refractivity (Wildman–Crippen MR) is 80.5 cm³/mol. The van der Waals surface area contributed by atoms with Gasteiger partial charge in [-0.05, 0) is 58.7 Å².